The van der Waals surface area contributed by atoms with Crippen LogP contribution in [-0.4, -0.2) is 34.5 Å². The Balaban J connectivity index is 1.46. The first-order valence-corrected chi connectivity index (χ1v) is 12.0. The van der Waals surface area contributed by atoms with Crippen LogP contribution in [-0.2, 0) is 19.5 Å². The lowest BCUT2D eigenvalue weighted by Gasteiger charge is -2.33. The molecule has 2 aromatic carbocycles. The molecular formula is C27H30F2N4O. The van der Waals surface area contributed by atoms with Gasteiger partial charge in [-0.1, -0.05) is 36.8 Å². The lowest BCUT2D eigenvalue weighted by atomic mass is 9.99. The van der Waals surface area contributed by atoms with Gasteiger partial charge in [-0.2, -0.15) is 4.98 Å². The molecule has 0 aliphatic carbocycles. The van der Waals surface area contributed by atoms with Crippen molar-refractivity contribution in [2.24, 2.45) is 5.92 Å². The maximum absolute atomic E-state index is 14.4. The average molecular weight is 465 g/mol. The Labute approximate surface area is 199 Å². The topological polar surface area (TPSA) is 41.5 Å². The molecule has 3 aromatic rings. The molecule has 0 atom stereocenters. The predicted octanol–water partition coefficient (Wildman–Crippen LogP) is 5.65. The molecule has 34 heavy (non-hydrogen) atoms. The fraction of sp³-hybridized carbons (Fsp3) is 0.407. The Morgan fingerprint density at radius 1 is 1.03 bits per heavy atom. The van der Waals surface area contributed by atoms with Crippen molar-refractivity contribution in [2.75, 3.05) is 24.5 Å². The molecule has 3 heterocycles. The number of ether oxygens (including phenoxy) is 1. The standard InChI is InChI=1S/C27H30F2N4O/c1-18-8-12-33(13-9-18)27-30-24-10-11-32(16-20-5-3-4-19(2)14-20)17-22(24)26(31-27)34-25-7-6-21(28)15-23(25)29/h3-7,14-15,18H,8-13,16-17H2,1-2H3. The summed E-state index contributed by atoms with van der Waals surface area (Å²) in [5.41, 5.74) is 4.29. The van der Waals surface area contributed by atoms with E-state index < -0.39 is 11.6 Å². The number of benzene rings is 2. The summed E-state index contributed by atoms with van der Waals surface area (Å²) in [5, 5.41) is 0. The molecule has 1 aromatic heterocycles. The van der Waals surface area contributed by atoms with Gasteiger partial charge in [0.15, 0.2) is 11.6 Å². The van der Waals surface area contributed by atoms with Crippen LogP contribution in [0.25, 0.3) is 0 Å². The minimum Gasteiger partial charge on any atom is -0.435 e. The van der Waals surface area contributed by atoms with Crippen LogP contribution < -0.4 is 9.64 Å². The van der Waals surface area contributed by atoms with Gasteiger partial charge in [-0.25, -0.2) is 13.8 Å². The van der Waals surface area contributed by atoms with Crippen molar-refractivity contribution in [1.82, 2.24) is 14.9 Å². The Morgan fingerprint density at radius 2 is 1.85 bits per heavy atom. The third-order valence-corrected chi connectivity index (χ3v) is 6.75. The number of anilines is 1. The maximum atomic E-state index is 14.4. The first kappa shape index (κ1) is 22.7. The van der Waals surface area contributed by atoms with Crippen LogP contribution in [0.3, 0.4) is 0 Å². The van der Waals surface area contributed by atoms with E-state index in [4.69, 9.17) is 14.7 Å². The third-order valence-electron chi connectivity index (χ3n) is 6.75. The number of hydrogen-bond donors (Lipinski definition) is 0. The van der Waals surface area contributed by atoms with Gasteiger partial charge < -0.3 is 9.64 Å². The van der Waals surface area contributed by atoms with Gasteiger partial charge in [-0.15, -0.1) is 0 Å². The zero-order chi connectivity index (χ0) is 23.7. The first-order valence-electron chi connectivity index (χ1n) is 12.0. The summed E-state index contributed by atoms with van der Waals surface area (Å²) in [6, 6.07) is 11.8. The van der Waals surface area contributed by atoms with E-state index in [1.165, 1.54) is 23.3 Å². The number of rotatable bonds is 5. The van der Waals surface area contributed by atoms with Gasteiger partial charge in [0.2, 0.25) is 11.8 Å². The van der Waals surface area contributed by atoms with Crippen LogP contribution in [0, 0.1) is 24.5 Å². The molecule has 7 heteroatoms. The molecule has 2 aliphatic rings. The van der Waals surface area contributed by atoms with E-state index >= 15 is 0 Å². The van der Waals surface area contributed by atoms with E-state index in [0.29, 0.717) is 24.3 Å². The molecule has 5 nitrogen and oxygen atoms in total. The van der Waals surface area contributed by atoms with Gasteiger partial charge in [0.05, 0.1) is 11.3 Å². The van der Waals surface area contributed by atoms with Crippen LogP contribution in [0.5, 0.6) is 11.6 Å². The van der Waals surface area contributed by atoms with Gasteiger partial charge in [-0.05, 0) is 43.4 Å². The summed E-state index contributed by atoms with van der Waals surface area (Å²) in [6.07, 6.45) is 2.95. The van der Waals surface area contributed by atoms with Crippen molar-refractivity contribution in [2.45, 2.75) is 46.2 Å². The monoisotopic (exact) mass is 464 g/mol. The summed E-state index contributed by atoms with van der Waals surface area (Å²) in [4.78, 5) is 14.2. The molecule has 2 aliphatic heterocycles. The normalized spacial score (nSPS) is 17.0. The Bertz CT molecular complexity index is 1180. The second-order valence-corrected chi connectivity index (χ2v) is 9.55. The highest BCUT2D eigenvalue weighted by atomic mass is 19.1. The summed E-state index contributed by atoms with van der Waals surface area (Å²) >= 11 is 0. The summed E-state index contributed by atoms with van der Waals surface area (Å²) in [5.74, 6) is 0.271. The lowest BCUT2D eigenvalue weighted by molar-refractivity contribution is 0.237. The lowest BCUT2D eigenvalue weighted by Crippen LogP contribution is -2.36. The van der Waals surface area contributed by atoms with Gasteiger partial charge in [0.1, 0.15) is 5.82 Å². The molecule has 1 saturated heterocycles. The second-order valence-electron chi connectivity index (χ2n) is 9.55. The second kappa shape index (κ2) is 9.66. The Hall–Kier alpha value is -3.06. The minimum absolute atomic E-state index is 0.0312. The molecule has 0 spiro atoms. The highest BCUT2D eigenvalue weighted by Crippen LogP contribution is 2.34. The van der Waals surface area contributed by atoms with Crippen molar-refractivity contribution < 1.29 is 13.5 Å². The molecule has 5 rings (SSSR count). The zero-order valence-corrected chi connectivity index (χ0v) is 19.7. The predicted molar refractivity (Wildman–Crippen MR) is 128 cm³/mol. The summed E-state index contributed by atoms with van der Waals surface area (Å²) < 4.78 is 33.9. The molecule has 178 valence electrons. The number of nitrogens with zero attached hydrogens (tertiary/aromatic N) is 4. The van der Waals surface area contributed by atoms with Crippen molar-refractivity contribution >= 4 is 5.95 Å². The molecular weight excluding hydrogens is 434 g/mol. The summed E-state index contributed by atoms with van der Waals surface area (Å²) in [6.45, 7) is 8.43. The number of hydrogen-bond acceptors (Lipinski definition) is 5. The number of aromatic nitrogens is 2. The molecule has 0 amide bonds. The van der Waals surface area contributed by atoms with E-state index in [9.17, 15) is 8.78 Å². The van der Waals surface area contributed by atoms with Crippen molar-refractivity contribution in [1.29, 1.82) is 0 Å². The SMILES string of the molecule is Cc1cccc(CN2CCc3nc(N4CCC(C)CC4)nc(Oc4ccc(F)cc4F)c3C2)c1. The molecule has 1 fully saturated rings. The first-order chi connectivity index (χ1) is 16.4. The van der Waals surface area contributed by atoms with E-state index in [-0.39, 0.29) is 5.75 Å². The van der Waals surface area contributed by atoms with Crippen molar-refractivity contribution in [3.8, 4) is 11.6 Å². The Kier molecular flexibility index (Phi) is 6.46. The minimum atomic E-state index is -0.742. The van der Waals surface area contributed by atoms with E-state index in [1.54, 1.807) is 0 Å². The summed E-state index contributed by atoms with van der Waals surface area (Å²) in [7, 11) is 0. The van der Waals surface area contributed by atoms with Crippen LogP contribution >= 0.6 is 0 Å². The third kappa shape index (κ3) is 5.04. The van der Waals surface area contributed by atoms with Crippen LogP contribution in [0.15, 0.2) is 42.5 Å². The number of fused-ring (bicyclic) bond motifs is 1. The zero-order valence-electron chi connectivity index (χ0n) is 19.7. The number of halogens is 2. The maximum Gasteiger partial charge on any atom is 0.229 e. The van der Waals surface area contributed by atoms with Crippen LogP contribution in [0.4, 0.5) is 14.7 Å². The van der Waals surface area contributed by atoms with Crippen molar-refractivity contribution in [3.63, 3.8) is 0 Å². The smallest absolute Gasteiger partial charge is 0.229 e. The van der Waals surface area contributed by atoms with Gasteiger partial charge in [0, 0.05) is 45.2 Å². The molecule has 0 unspecified atom stereocenters. The van der Waals surface area contributed by atoms with Crippen LogP contribution in [0.1, 0.15) is 42.1 Å². The van der Waals surface area contributed by atoms with E-state index in [0.717, 1.165) is 62.8 Å². The number of aryl methyl sites for hydroxylation is 1. The highest BCUT2D eigenvalue weighted by molar-refractivity contribution is 5.44. The molecule has 0 radical (unpaired) electrons. The largest absolute Gasteiger partial charge is 0.435 e. The molecule has 0 bridgehead atoms. The van der Waals surface area contributed by atoms with Crippen molar-refractivity contribution in [3.05, 3.63) is 76.5 Å². The molecule has 0 N–H and O–H groups in total. The average Bonchev–Trinajstić information content (AvgIpc) is 2.81. The van der Waals surface area contributed by atoms with Gasteiger partial charge >= 0.3 is 0 Å². The highest BCUT2D eigenvalue weighted by Gasteiger charge is 2.27. The fourth-order valence-electron chi connectivity index (χ4n) is 4.73. The van der Waals surface area contributed by atoms with Gasteiger partial charge in [0.25, 0.3) is 0 Å². The fourth-order valence-corrected chi connectivity index (χ4v) is 4.73. The van der Waals surface area contributed by atoms with E-state index in [2.05, 4.69) is 47.9 Å². The number of piperidine rings is 1. The quantitative estimate of drug-likeness (QED) is 0.488. The Morgan fingerprint density at radius 3 is 2.62 bits per heavy atom. The van der Waals surface area contributed by atoms with E-state index in [1.807, 2.05) is 0 Å². The van der Waals surface area contributed by atoms with Crippen LogP contribution in [0.2, 0.25) is 0 Å². The molecule has 0 saturated carbocycles. The van der Waals surface area contributed by atoms with Gasteiger partial charge in [-0.3, -0.25) is 4.90 Å².